The molecule has 0 fully saturated rings. The van der Waals surface area contributed by atoms with Gasteiger partial charge in [0.15, 0.2) is 11.6 Å². The second-order valence-electron chi connectivity index (χ2n) is 5.21. The van der Waals surface area contributed by atoms with Gasteiger partial charge in [0, 0.05) is 17.8 Å². The Morgan fingerprint density at radius 2 is 2.00 bits per heavy atom. The highest BCUT2D eigenvalue weighted by Crippen LogP contribution is 2.31. The molecule has 0 aromatic heterocycles. The van der Waals surface area contributed by atoms with Crippen LogP contribution >= 0.6 is 0 Å². The number of ether oxygens (including phenoxy) is 1. The molecule has 0 atom stereocenters. The van der Waals surface area contributed by atoms with Crippen molar-refractivity contribution >= 4 is 17.1 Å². The van der Waals surface area contributed by atoms with Gasteiger partial charge >= 0.3 is 0 Å². The number of hydrogen-bond donors (Lipinski definition) is 2. The highest BCUT2D eigenvalue weighted by molar-refractivity contribution is 5.74. The molecule has 112 valence electrons. The highest BCUT2D eigenvalue weighted by atomic mass is 19.1. The average Bonchev–Trinajstić information content (AvgIpc) is 2.44. The number of rotatable bonds is 5. The third-order valence-corrected chi connectivity index (χ3v) is 3.24. The Morgan fingerprint density at radius 1 is 1.24 bits per heavy atom. The van der Waals surface area contributed by atoms with Gasteiger partial charge in [0.1, 0.15) is 0 Å². The average molecular weight is 288 g/mol. The Labute approximate surface area is 124 Å². The molecule has 0 saturated heterocycles. The van der Waals surface area contributed by atoms with Gasteiger partial charge in [-0.25, -0.2) is 4.39 Å². The van der Waals surface area contributed by atoms with Crippen molar-refractivity contribution in [2.24, 2.45) is 0 Å². The van der Waals surface area contributed by atoms with Crippen LogP contribution in [0.2, 0.25) is 0 Å². The van der Waals surface area contributed by atoms with Crippen molar-refractivity contribution in [1.82, 2.24) is 0 Å². The largest absolute Gasteiger partial charge is 0.491 e. The highest BCUT2D eigenvalue weighted by Gasteiger charge is 2.09. The zero-order valence-electron chi connectivity index (χ0n) is 12.6. The van der Waals surface area contributed by atoms with Gasteiger partial charge in [-0.15, -0.1) is 0 Å². The van der Waals surface area contributed by atoms with E-state index in [-0.39, 0.29) is 5.75 Å². The Morgan fingerprint density at radius 3 is 2.67 bits per heavy atom. The number of nitrogens with two attached hydrogens (primary N) is 1. The summed E-state index contributed by atoms with van der Waals surface area (Å²) in [6.45, 7) is 6.50. The molecule has 2 rings (SSSR count). The summed E-state index contributed by atoms with van der Waals surface area (Å²) in [6.07, 6.45) is 0. The first-order valence-electron chi connectivity index (χ1n) is 7.10. The van der Waals surface area contributed by atoms with Gasteiger partial charge in [-0.3, -0.25) is 0 Å². The van der Waals surface area contributed by atoms with Crippen molar-refractivity contribution in [1.29, 1.82) is 0 Å². The van der Waals surface area contributed by atoms with Gasteiger partial charge in [0.2, 0.25) is 0 Å². The Hall–Kier alpha value is -2.23. The minimum atomic E-state index is -0.448. The summed E-state index contributed by atoms with van der Waals surface area (Å²) < 4.78 is 19.0. The smallest absolute Gasteiger partial charge is 0.167 e. The first-order chi connectivity index (χ1) is 10.0. The van der Waals surface area contributed by atoms with Crippen molar-refractivity contribution in [3.8, 4) is 5.75 Å². The van der Waals surface area contributed by atoms with E-state index in [1.165, 1.54) is 11.6 Å². The van der Waals surface area contributed by atoms with E-state index in [0.717, 1.165) is 5.69 Å². The molecule has 0 aliphatic rings. The maximum atomic E-state index is 13.7. The molecule has 0 unspecified atom stereocenters. The van der Waals surface area contributed by atoms with Gasteiger partial charge in [0.25, 0.3) is 0 Å². The van der Waals surface area contributed by atoms with Crippen LogP contribution in [0.3, 0.4) is 0 Å². The maximum Gasteiger partial charge on any atom is 0.167 e. The molecule has 4 heteroatoms. The summed E-state index contributed by atoms with van der Waals surface area (Å²) in [4.78, 5) is 0. The fourth-order valence-corrected chi connectivity index (χ4v) is 2.07. The van der Waals surface area contributed by atoms with E-state index in [1.807, 2.05) is 19.1 Å². The summed E-state index contributed by atoms with van der Waals surface area (Å²) in [6, 6.07) is 11.0. The Bertz CT molecular complexity index is 626. The van der Waals surface area contributed by atoms with Crippen LogP contribution in [0.5, 0.6) is 5.75 Å². The van der Waals surface area contributed by atoms with E-state index >= 15 is 0 Å². The molecule has 0 saturated carbocycles. The molecule has 3 nitrogen and oxygen atoms in total. The molecule has 0 heterocycles. The number of benzene rings is 2. The fourth-order valence-electron chi connectivity index (χ4n) is 2.07. The molecule has 0 amide bonds. The van der Waals surface area contributed by atoms with E-state index in [2.05, 4.69) is 31.3 Å². The first kappa shape index (κ1) is 15.2. The van der Waals surface area contributed by atoms with Crippen molar-refractivity contribution in [2.45, 2.75) is 26.7 Å². The minimum absolute atomic E-state index is 0.203. The number of nitrogens with one attached hydrogen (secondary N) is 1. The van der Waals surface area contributed by atoms with Crippen LogP contribution in [0.25, 0.3) is 0 Å². The van der Waals surface area contributed by atoms with Crippen LogP contribution in [0.4, 0.5) is 21.5 Å². The minimum Gasteiger partial charge on any atom is -0.491 e. The fraction of sp³-hybridized carbons (Fsp3) is 0.294. The second kappa shape index (κ2) is 6.48. The lowest BCUT2D eigenvalue weighted by atomic mass is 10.0. The Balaban J connectivity index is 2.30. The molecular formula is C17H21FN2O. The van der Waals surface area contributed by atoms with E-state index in [1.54, 1.807) is 6.07 Å². The van der Waals surface area contributed by atoms with Gasteiger partial charge < -0.3 is 15.8 Å². The van der Waals surface area contributed by atoms with E-state index in [4.69, 9.17) is 10.5 Å². The summed E-state index contributed by atoms with van der Waals surface area (Å²) in [5.74, 6) is 0.196. The van der Waals surface area contributed by atoms with Crippen LogP contribution in [0.15, 0.2) is 36.4 Å². The molecule has 0 aliphatic heterocycles. The summed E-state index contributed by atoms with van der Waals surface area (Å²) in [7, 11) is 0. The topological polar surface area (TPSA) is 47.3 Å². The van der Waals surface area contributed by atoms with Gasteiger partial charge in [-0.1, -0.05) is 26.0 Å². The quantitative estimate of drug-likeness (QED) is 0.786. The predicted molar refractivity (Wildman–Crippen MR) is 85.8 cm³/mol. The predicted octanol–water partition coefficient (Wildman–Crippen LogP) is 4.67. The van der Waals surface area contributed by atoms with Crippen molar-refractivity contribution in [2.75, 3.05) is 17.7 Å². The normalized spacial score (nSPS) is 10.7. The lowest BCUT2D eigenvalue weighted by Gasteiger charge is -2.14. The summed E-state index contributed by atoms with van der Waals surface area (Å²) in [5.41, 5.74) is 9.01. The molecule has 2 aromatic rings. The Kier molecular flexibility index (Phi) is 4.68. The standard InChI is InChI=1S/C17H21FN2O/c1-4-21-17-10-16(15(19)9-14(17)18)20-13-7-5-6-12(8-13)11(2)3/h5-11,20H,4,19H2,1-3H3. The van der Waals surface area contributed by atoms with Crippen LogP contribution < -0.4 is 15.8 Å². The zero-order valence-corrected chi connectivity index (χ0v) is 12.6. The maximum absolute atomic E-state index is 13.7. The van der Waals surface area contributed by atoms with Crippen LogP contribution in [-0.2, 0) is 0 Å². The first-order valence-corrected chi connectivity index (χ1v) is 7.10. The third-order valence-electron chi connectivity index (χ3n) is 3.24. The molecule has 21 heavy (non-hydrogen) atoms. The summed E-state index contributed by atoms with van der Waals surface area (Å²) in [5, 5.41) is 3.22. The van der Waals surface area contributed by atoms with Crippen molar-refractivity contribution in [3.63, 3.8) is 0 Å². The van der Waals surface area contributed by atoms with Crippen LogP contribution in [0.1, 0.15) is 32.3 Å². The molecule has 0 bridgehead atoms. The molecule has 0 aliphatic carbocycles. The zero-order chi connectivity index (χ0) is 15.4. The van der Waals surface area contributed by atoms with Gasteiger partial charge in [-0.05, 0) is 30.5 Å². The molecule has 0 spiro atoms. The van der Waals surface area contributed by atoms with E-state index in [0.29, 0.717) is 23.9 Å². The second-order valence-corrected chi connectivity index (χ2v) is 5.21. The summed E-state index contributed by atoms with van der Waals surface area (Å²) >= 11 is 0. The number of halogens is 1. The van der Waals surface area contributed by atoms with E-state index < -0.39 is 5.82 Å². The molecule has 3 N–H and O–H groups in total. The number of hydrogen-bond acceptors (Lipinski definition) is 3. The lowest BCUT2D eigenvalue weighted by Crippen LogP contribution is -2.01. The number of anilines is 3. The molecule has 2 aromatic carbocycles. The number of nitrogen functional groups attached to an aromatic ring is 1. The molecular weight excluding hydrogens is 267 g/mol. The SMILES string of the molecule is CCOc1cc(Nc2cccc(C(C)C)c2)c(N)cc1F. The van der Waals surface area contributed by atoms with Crippen molar-refractivity contribution < 1.29 is 9.13 Å². The van der Waals surface area contributed by atoms with E-state index in [9.17, 15) is 4.39 Å². The van der Waals surface area contributed by atoms with Crippen molar-refractivity contribution in [3.05, 3.63) is 47.8 Å². The third kappa shape index (κ3) is 3.66. The molecule has 0 radical (unpaired) electrons. The van der Waals surface area contributed by atoms with Gasteiger partial charge in [0.05, 0.1) is 18.0 Å². The van der Waals surface area contributed by atoms with Crippen LogP contribution in [0, 0.1) is 5.82 Å². The van der Waals surface area contributed by atoms with Gasteiger partial charge in [-0.2, -0.15) is 0 Å². The monoisotopic (exact) mass is 288 g/mol. The van der Waals surface area contributed by atoms with Crippen LogP contribution in [-0.4, -0.2) is 6.61 Å². The lowest BCUT2D eigenvalue weighted by molar-refractivity contribution is 0.322.